The topological polar surface area (TPSA) is 38.3 Å². The van der Waals surface area contributed by atoms with Gasteiger partial charge in [0, 0.05) is 18.4 Å². The van der Waals surface area contributed by atoms with Crippen molar-refractivity contribution in [3.8, 4) is 5.75 Å². The van der Waals surface area contributed by atoms with Crippen LogP contribution in [0.4, 0.5) is 0 Å². The van der Waals surface area contributed by atoms with E-state index in [-0.39, 0.29) is 17.7 Å². The van der Waals surface area contributed by atoms with E-state index >= 15 is 0 Å². The molecule has 1 unspecified atom stereocenters. The van der Waals surface area contributed by atoms with Crippen LogP contribution in [0.5, 0.6) is 5.75 Å². The highest BCUT2D eigenvalue weighted by molar-refractivity contribution is 5.77. The van der Waals surface area contributed by atoms with Gasteiger partial charge in [-0.15, -0.1) is 0 Å². The number of benzene rings is 2. The first-order valence-corrected chi connectivity index (χ1v) is 8.05. The smallest absolute Gasteiger partial charge is 0.222 e. The summed E-state index contributed by atoms with van der Waals surface area (Å²) in [5, 5.41) is 3.06. The number of amides is 1. The number of nitrogens with one attached hydrogen (secondary N) is 1. The molecule has 0 bridgehead atoms. The van der Waals surface area contributed by atoms with Gasteiger partial charge < -0.3 is 10.1 Å². The maximum absolute atomic E-state index is 11.9. The van der Waals surface area contributed by atoms with Gasteiger partial charge in [-0.25, -0.2) is 0 Å². The van der Waals surface area contributed by atoms with Gasteiger partial charge in [-0.2, -0.15) is 0 Å². The van der Waals surface area contributed by atoms with Gasteiger partial charge in [-0.1, -0.05) is 56.3 Å². The number of carbonyl (C=O) groups excluding carboxylic acids is 1. The Hall–Kier alpha value is -2.29. The minimum Gasteiger partial charge on any atom is -0.497 e. The maximum atomic E-state index is 11.9. The molecule has 2 rings (SSSR count). The highest BCUT2D eigenvalue weighted by Gasteiger charge is 2.15. The highest BCUT2D eigenvalue weighted by atomic mass is 16.5. The van der Waals surface area contributed by atoms with Gasteiger partial charge in [0.05, 0.1) is 7.11 Å². The van der Waals surface area contributed by atoms with Crippen LogP contribution in [0.2, 0.25) is 0 Å². The molecule has 2 aromatic rings. The van der Waals surface area contributed by atoms with E-state index in [0.717, 1.165) is 12.2 Å². The molecular formula is C20H25NO2. The van der Waals surface area contributed by atoms with Crippen molar-refractivity contribution in [2.45, 2.75) is 26.2 Å². The van der Waals surface area contributed by atoms with E-state index in [1.807, 2.05) is 44.2 Å². The summed E-state index contributed by atoms with van der Waals surface area (Å²) in [5.74, 6) is 1.22. The predicted molar refractivity (Wildman–Crippen MR) is 93.7 cm³/mol. The summed E-state index contributed by atoms with van der Waals surface area (Å²) < 4.78 is 5.21. The summed E-state index contributed by atoms with van der Waals surface area (Å²) >= 11 is 0. The van der Waals surface area contributed by atoms with Gasteiger partial charge in [0.15, 0.2) is 0 Å². The van der Waals surface area contributed by atoms with Crippen molar-refractivity contribution in [2.75, 3.05) is 13.7 Å². The Bertz CT molecular complexity index is 605. The van der Waals surface area contributed by atoms with Crippen molar-refractivity contribution < 1.29 is 9.53 Å². The first-order valence-electron chi connectivity index (χ1n) is 8.05. The fourth-order valence-corrected chi connectivity index (χ4v) is 2.51. The summed E-state index contributed by atoms with van der Waals surface area (Å²) in [4.78, 5) is 11.9. The van der Waals surface area contributed by atoms with Gasteiger partial charge in [-0.05, 0) is 29.7 Å². The summed E-state index contributed by atoms with van der Waals surface area (Å²) in [6.45, 7) is 4.47. The molecule has 0 radical (unpaired) electrons. The SMILES string of the molecule is COc1ccc(CC(CNC(=O)C(C)C)c2ccccc2)cc1. The Morgan fingerprint density at radius 2 is 1.70 bits per heavy atom. The molecule has 0 heterocycles. The molecule has 0 saturated carbocycles. The second kappa shape index (κ2) is 8.37. The van der Waals surface area contributed by atoms with E-state index in [2.05, 4.69) is 29.6 Å². The number of methoxy groups -OCH3 is 1. The Labute approximate surface area is 138 Å². The standard InChI is InChI=1S/C20H25NO2/c1-15(2)20(22)21-14-18(17-7-5-4-6-8-17)13-16-9-11-19(23-3)12-10-16/h4-12,15,18H,13-14H2,1-3H3,(H,21,22). The molecule has 1 atom stereocenters. The lowest BCUT2D eigenvalue weighted by Gasteiger charge is -2.19. The van der Waals surface area contributed by atoms with Crippen molar-refractivity contribution in [3.63, 3.8) is 0 Å². The summed E-state index contributed by atoms with van der Waals surface area (Å²) in [7, 11) is 1.67. The second-order valence-corrected chi connectivity index (χ2v) is 6.06. The minimum absolute atomic E-state index is 0.00686. The zero-order chi connectivity index (χ0) is 16.7. The molecule has 1 N–H and O–H groups in total. The molecule has 1 amide bonds. The van der Waals surface area contributed by atoms with Crippen LogP contribution < -0.4 is 10.1 Å². The first-order chi connectivity index (χ1) is 11.1. The molecule has 23 heavy (non-hydrogen) atoms. The Balaban J connectivity index is 2.11. The van der Waals surface area contributed by atoms with Gasteiger partial charge in [0.1, 0.15) is 5.75 Å². The summed E-state index contributed by atoms with van der Waals surface area (Å²) in [6.07, 6.45) is 0.881. The zero-order valence-electron chi connectivity index (χ0n) is 14.1. The molecule has 3 heteroatoms. The summed E-state index contributed by atoms with van der Waals surface area (Å²) in [5.41, 5.74) is 2.48. The lowest BCUT2D eigenvalue weighted by molar-refractivity contribution is -0.124. The van der Waals surface area contributed by atoms with Crippen LogP contribution in [-0.2, 0) is 11.2 Å². The normalized spacial score (nSPS) is 12.0. The monoisotopic (exact) mass is 311 g/mol. The van der Waals surface area contributed by atoms with Crippen LogP contribution in [-0.4, -0.2) is 19.6 Å². The fourth-order valence-electron chi connectivity index (χ4n) is 2.51. The van der Waals surface area contributed by atoms with E-state index < -0.39 is 0 Å². The van der Waals surface area contributed by atoms with E-state index in [1.54, 1.807) is 7.11 Å². The van der Waals surface area contributed by atoms with Crippen LogP contribution in [0.3, 0.4) is 0 Å². The second-order valence-electron chi connectivity index (χ2n) is 6.06. The van der Waals surface area contributed by atoms with Crippen LogP contribution in [0.1, 0.15) is 30.9 Å². The van der Waals surface area contributed by atoms with E-state index in [0.29, 0.717) is 6.54 Å². The minimum atomic E-state index is 0.00686. The average molecular weight is 311 g/mol. The third-order valence-electron chi connectivity index (χ3n) is 3.96. The molecule has 0 aliphatic rings. The van der Waals surface area contributed by atoms with Gasteiger partial charge in [-0.3, -0.25) is 4.79 Å². The third-order valence-corrected chi connectivity index (χ3v) is 3.96. The molecule has 122 valence electrons. The number of hydrogen-bond donors (Lipinski definition) is 1. The Kier molecular flexibility index (Phi) is 6.21. The van der Waals surface area contributed by atoms with Crippen molar-refractivity contribution in [1.82, 2.24) is 5.32 Å². The van der Waals surface area contributed by atoms with Crippen LogP contribution in [0, 0.1) is 5.92 Å². The Morgan fingerprint density at radius 1 is 1.04 bits per heavy atom. The predicted octanol–water partition coefficient (Wildman–Crippen LogP) is 3.79. The Morgan fingerprint density at radius 3 is 2.26 bits per heavy atom. The van der Waals surface area contributed by atoms with Gasteiger partial charge in [0.2, 0.25) is 5.91 Å². The van der Waals surface area contributed by atoms with Gasteiger partial charge >= 0.3 is 0 Å². The van der Waals surface area contributed by atoms with Crippen molar-refractivity contribution in [3.05, 3.63) is 65.7 Å². The maximum Gasteiger partial charge on any atom is 0.222 e. The number of ether oxygens (including phenoxy) is 1. The molecular weight excluding hydrogens is 286 g/mol. The zero-order valence-corrected chi connectivity index (χ0v) is 14.1. The van der Waals surface area contributed by atoms with Crippen molar-refractivity contribution in [1.29, 1.82) is 0 Å². The van der Waals surface area contributed by atoms with E-state index in [9.17, 15) is 4.79 Å². The molecule has 0 aliphatic carbocycles. The average Bonchev–Trinajstić information content (AvgIpc) is 2.59. The number of hydrogen-bond acceptors (Lipinski definition) is 2. The number of carbonyl (C=O) groups is 1. The highest BCUT2D eigenvalue weighted by Crippen LogP contribution is 2.22. The van der Waals surface area contributed by atoms with Gasteiger partial charge in [0.25, 0.3) is 0 Å². The quantitative estimate of drug-likeness (QED) is 0.845. The third kappa shape index (κ3) is 5.13. The molecule has 0 aliphatic heterocycles. The van der Waals surface area contributed by atoms with Crippen molar-refractivity contribution in [2.24, 2.45) is 5.92 Å². The molecule has 3 nitrogen and oxygen atoms in total. The van der Waals surface area contributed by atoms with Crippen molar-refractivity contribution >= 4 is 5.91 Å². The molecule has 0 saturated heterocycles. The molecule has 2 aromatic carbocycles. The lowest BCUT2D eigenvalue weighted by Crippen LogP contribution is -2.32. The number of rotatable bonds is 7. The first kappa shape index (κ1) is 17.1. The molecule has 0 spiro atoms. The van der Waals surface area contributed by atoms with E-state index in [4.69, 9.17) is 4.74 Å². The fraction of sp³-hybridized carbons (Fsp3) is 0.350. The van der Waals surface area contributed by atoms with Crippen LogP contribution >= 0.6 is 0 Å². The largest absolute Gasteiger partial charge is 0.497 e. The van der Waals surface area contributed by atoms with Crippen LogP contribution in [0.25, 0.3) is 0 Å². The summed E-state index contributed by atoms with van der Waals surface area (Å²) in [6, 6.07) is 18.5. The van der Waals surface area contributed by atoms with E-state index in [1.165, 1.54) is 11.1 Å². The van der Waals surface area contributed by atoms with Crippen LogP contribution in [0.15, 0.2) is 54.6 Å². The lowest BCUT2D eigenvalue weighted by atomic mass is 9.91. The molecule has 0 aromatic heterocycles. The molecule has 0 fully saturated rings.